The van der Waals surface area contributed by atoms with E-state index in [4.69, 9.17) is 16.3 Å². The van der Waals surface area contributed by atoms with E-state index >= 15 is 0 Å². The molecule has 0 amide bonds. The summed E-state index contributed by atoms with van der Waals surface area (Å²) in [5.74, 6) is -1.53. The van der Waals surface area contributed by atoms with Gasteiger partial charge in [-0.1, -0.05) is 11.6 Å². The summed E-state index contributed by atoms with van der Waals surface area (Å²) >= 11 is 10.6. The average Bonchev–Trinajstić information content (AvgIpc) is 2.82. The van der Waals surface area contributed by atoms with Gasteiger partial charge < -0.3 is 9.84 Å². The first-order valence-corrected chi connectivity index (χ1v) is 6.38. The number of aromatic hydroxyl groups is 1. The lowest BCUT2D eigenvalue weighted by atomic mass is 10.2. The van der Waals surface area contributed by atoms with Crippen molar-refractivity contribution >= 4 is 30.0 Å². The van der Waals surface area contributed by atoms with Crippen LogP contribution in [0, 0.1) is 4.77 Å². The zero-order valence-corrected chi connectivity index (χ0v) is 12.4. The fraction of sp³-hybridized carbons (Fsp3) is 0.182. The SMILES string of the molecule is COc1ccc(/C=N\n2c(C(F)(F)F)n[nH]c2=S)c(Cl)c1O. The minimum absolute atomic E-state index is 0.119. The maximum atomic E-state index is 12.7. The second-order valence-corrected chi connectivity index (χ2v) is 4.69. The van der Waals surface area contributed by atoms with Crippen LogP contribution in [0.15, 0.2) is 17.2 Å². The highest BCUT2D eigenvalue weighted by Gasteiger charge is 2.37. The van der Waals surface area contributed by atoms with Crippen molar-refractivity contribution in [2.24, 2.45) is 5.10 Å². The average molecular weight is 353 g/mol. The largest absolute Gasteiger partial charge is 0.503 e. The standard InChI is InChI=1S/C11H8ClF3N4O2S/c1-21-6-3-2-5(7(12)8(6)20)4-16-19-9(11(13,14)15)17-18-10(19)22/h2-4,20H,1H3,(H,18,22)/b16-4-. The number of alkyl halides is 3. The van der Waals surface area contributed by atoms with Gasteiger partial charge in [-0.3, -0.25) is 0 Å². The van der Waals surface area contributed by atoms with Gasteiger partial charge in [0.15, 0.2) is 11.5 Å². The first kappa shape index (κ1) is 16.3. The summed E-state index contributed by atoms with van der Waals surface area (Å²) in [4.78, 5) is 0. The smallest absolute Gasteiger partial charge is 0.453 e. The minimum atomic E-state index is -4.73. The molecule has 11 heteroatoms. The normalized spacial score (nSPS) is 12.0. The van der Waals surface area contributed by atoms with Crippen molar-refractivity contribution in [1.82, 2.24) is 14.9 Å². The summed E-state index contributed by atoms with van der Waals surface area (Å²) in [7, 11) is 1.33. The number of phenolic OH excluding ortho intramolecular Hbond substituents is 1. The minimum Gasteiger partial charge on any atom is -0.503 e. The molecule has 2 rings (SSSR count). The number of H-pyrrole nitrogens is 1. The van der Waals surface area contributed by atoms with Crippen molar-refractivity contribution in [2.75, 3.05) is 7.11 Å². The number of benzene rings is 1. The van der Waals surface area contributed by atoms with Crippen molar-refractivity contribution in [2.45, 2.75) is 6.18 Å². The molecule has 0 saturated carbocycles. The van der Waals surface area contributed by atoms with Crippen LogP contribution in [0.3, 0.4) is 0 Å². The highest BCUT2D eigenvalue weighted by molar-refractivity contribution is 7.71. The molecule has 0 saturated heterocycles. The van der Waals surface area contributed by atoms with Crippen LogP contribution in [0.25, 0.3) is 0 Å². The number of hydrogen-bond donors (Lipinski definition) is 2. The number of aromatic amines is 1. The molecule has 1 aromatic heterocycles. The van der Waals surface area contributed by atoms with E-state index < -0.39 is 12.0 Å². The van der Waals surface area contributed by atoms with Crippen LogP contribution in [0.1, 0.15) is 11.4 Å². The van der Waals surface area contributed by atoms with Crippen molar-refractivity contribution in [3.8, 4) is 11.5 Å². The Morgan fingerprint density at radius 1 is 1.50 bits per heavy atom. The number of nitrogens with one attached hydrogen (secondary N) is 1. The van der Waals surface area contributed by atoms with Gasteiger partial charge in [0.1, 0.15) is 0 Å². The Balaban J connectivity index is 2.45. The molecule has 6 nitrogen and oxygen atoms in total. The van der Waals surface area contributed by atoms with Crippen molar-refractivity contribution < 1.29 is 23.0 Å². The summed E-state index contributed by atoms with van der Waals surface area (Å²) in [6.07, 6.45) is -3.71. The number of methoxy groups -OCH3 is 1. The summed E-state index contributed by atoms with van der Waals surface area (Å²) in [6.45, 7) is 0. The lowest BCUT2D eigenvalue weighted by Crippen LogP contribution is -2.12. The molecule has 0 spiro atoms. The highest BCUT2D eigenvalue weighted by atomic mass is 35.5. The quantitative estimate of drug-likeness (QED) is 0.657. The molecule has 1 aromatic carbocycles. The molecular weight excluding hydrogens is 345 g/mol. The van der Waals surface area contributed by atoms with E-state index in [1.54, 1.807) is 0 Å². The third-order valence-corrected chi connectivity index (χ3v) is 3.21. The molecule has 0 fully saturated rings. The molecule has 0 aliphatic heterocycles. The van der Waals surface area contributed by atoms with Crippen LogP contribution in [0.5, 0.6) is 11.5 Å². The number of hydrogen-bond acceptors (Lipinski definition) is 5. The zero-order chi connectivity index (χ0) is 16.5. The molecule has 0 aliphatic carbocycles. The Labute approximate surface area is 131 Å². The lowest BCUT2D eigenvalue weighted by molar-refractivity contribution is -0.147. The molecule has 118 valence electrons. The van der Waals surface area contributed by atoms with Gasteiger partial charge in [-0.2, -0.15) is 22.9 Å². The maximum absolute atomic E-state index is 12.7. The Bertz CT molecular complexity index is 785. The van der Waals surface area contributed by atoms with Crippen LogP contribution >= 0.6 is 23.8 Å². The van der Waals surface area contributed by atoms with Gasteiger partial charge in [0.05, 0.1) is 18.3 Å². The first-order valence-electron chi connectivity index (χ1n) is 5.60. The third-order valence-electron chi connectivity index (χ3n) is 2.55. The fourth-order valence-electron chi connectivity index (χ4n) is 1.53. The van der Waals surface area contributed by atoms with Gasteiger partial charge in [-0.25, -0.2) is 5.10 Å². The monoisotopic (exact) mass is 352 g/mol. The van der Waals surface area contributed by atoms with E-state index in [0.29, 0.717) is 4.68 Å². The third kappa shape index (κ3) is 3.07. The molecule has 0 unspecified atom stereocenters. The Morgan fingerprint density at radius 2 is 2.18 bits per heavy atom. The topological polar surface area (TPSA) is 75.4 Å². The second kappa shape index (κ2) is 5.97. The number of ether oxygens (including phenoxy) is 1. The van der Waals surface area contributed by atoms with Gasteiger partial charge >= 0.3 is 6.18 Å². The van der Waals surface area contributed by atoms with Crippen LogP contribution in [0.2, 0.25) is 5.02 Å². The molecular formula is C11H8ClF3N4O2S. The fourth-order valence-corrected chi connectivity index (χ4v) is 1.91. The molecule has 22 heavy (non-hydrogen) atoms. The van der Waals surface area contributed by atoms with E-state index in [1.807, 2.05) is 5.10 Å². The Kier molecular flexibility index (Phi) is 4.42. The van der Waals surface area contributed by atoms with Crippen LogP contribution in [0.4, 0.5) is 13.2 Å². The van der Waals surface area contributed by atoms with E-state index in [0.717, 1.165) is 6.21 Å². The first-order chi connectivity index (χ1) is 10.3. The van der Waals surface area contributed by atoms with E-state index in [9.17, 15) is 18.3 Å². The van der Waals surface area contributed by atoms with Crippen LogP contribution in [-0.2, 0) is 6.18 Å². The number of nitrogens with zero attached hydrogens (tertiary/aromatic N) is 3. The van der Waals surface area contributed by atoms with E-state index in [1.165, 1.54) is 19.2 Å². The highest BCUT2D eigenvalue weighted by Crippen LogP contribution is 2.35. The molecule has 0 atom stereocenters. The molecule has 0 bridgehead atoms. The number of halogens is 4. The molecule has 0 aliphatic rings. The maximum Gasteiger partial charge on any atom is 0.453 e. The molecule has 2 aromatic rings. The summed E-state index contributed by atoms with van der Waals surface area (Å²) < 4.78 is 43.1. The summed E-state index contributed by atoms with van der Waals surface area (Å²) in [5.41, 5.74) is 0.177. The Morgan fingerprint density at radius 3 is 2.77 bits per heavy atom. The van der Waals surface area contributed by atoms with Crippen molar-refractivity contribution in [3.63, 3.8) is 0 Å². The molecule has 1 heterocycles. The molecule has 0 radical (unpaired) electrons. The van der Waals surface area contributed by atoms with Gasteiger partial charge in [-0.15, -0.1) is 5.10 Å². The van der Waals surface area contributed by atoms with Crippen molar-refractivity contribution in [3.05, 3.63) is 33.3 Å². The van der Waals surface area contributed by atoms with Gasteiger partial charge in [-0.05, 0) is 24.4 Å². The summed E-state index contributed by atoms with van der Waals surface area (Å²) in [6, 6.07) is 2.81. The summed E-state index contributed by atoms with van der Waals surface area (Å²) in [5, 5.41) is 18.3. The number of phenols is 1. The van der Waals surface area contributed by atoms with E-state index in [-0.39, 0.29) is 26.9 Å². The Hall–Kier alpha value is -2.07. The van der Waals surface area contributed by atoms with Gasteiger partial charge in [0.2, 0.25) is 4.77 Å². The lowest BCUT2D eigenvalue weighted by Gasteiger charge is -2.07. The van der Waals surface area contributed by atoms with Gasteiger partial charge in [0.25, 0.3) is 5.82 Å². The number of aromatic nitrogens is 3. The number of rotatable bonds is 3. The van der Waals surface area contributed by atoms with Crippen LogP contribution in [-0.4, -0.2) is 33.3 Å². The molecule has 2 N–H and O–H groups in total. The van der Waals surface area contributed by atoms with Gasteiger partial charge in [0, 0.05) is 5.56 Å². The predicted molar refractivity (Wildman–Crippen MR) is 75.1 cm³/mol. The second-order valence-electron chi connectivity index (χ2n) is 3.93. The predicted octanol–water partition coefficient (Wildman–Crippen LogP) is 3.21. The van der Waals surface area contributed by atoms with Crippen LogP contribution < -0.4 is 4.74 Å². The van der Waals surface area contributed by atoms with Crippen molar-refractivity contribution in [1.29, 1.82) is 0 Å². The zero-order valence-electron chi connectivity index (χ0n) is 10.8. The van der Waals surface area contributed by atoms with E-state index in [2.05, 4.69) is 22.4 Å².